The van der Waals surface area contributed by atoms with Crippen molar-refractivity contribution in [2.75, 3.05) is 20.3 Å². The van der Waals surface area contributed by atoms with E-state index in [2.05, 4.69) is 21.2 Å². The highest BCUT2D eigenvalue weighted by Crippen LogP contribution is 2.36. The summed E-state index contributed by atoms with van der Waals surface area (Å²) in [4.78, 5) is 0. The third-order valence-electron chi connectivity index (χ3n) is 3.56. The molecule has 3 nitrogen and oxygen atoms in total. The average Bonchev–Trinajstić information content (AvgIpc) is 2.55. The summed E-state index contributed by atoms with van der Waals surface area (Å²) < 4.78 is 12.1. The van der Waals surface area contributed by atoms with Crippen molar-refractivity contribution in [2.45, 2.75) is 19.9 Å². The van der Waals surface area contributed by atoms with Gasteiger partial charge in [-0.25, -0.2) is 0 Å². The van der Waals surface area contributed by atoms with Crippen molar-refractivity contribution in [3.63, 3.8) is 0 Å². The average molecular weight is 433 g/mol. The van der Waals surface area contributed by atoms with Crippen LogP contribution in [0.5, 0.6) is 11.5 Å². The molecule has 0 spiro atoms. The molecular formula is C18H20BrCl2NO2. The molecule has 0 saturated heterocycles. The maximum absolute atomic E-state index is 6.20. The summed E-state index contributed by atoms with van der Waals surface area (Å²) in [5, 5.41) is 4.77. The first-order valence-electron chi connectivity index (χ1n) is 7.69. The van der Waals surface area contributed by atoms with E-state index in [1.165, 1.54) is 0 Å². The summed E-state index contributed by atoms with van der Waals surface area (Å²) in [7, 11) is 1.64. The first-order valence-corrected chi connectivity index (χ1v) is 9.24. The number of hydrogen-bond donors (Lipinski definition) is 1. The van der Waals surface area contributed by atoms with Gasteiger partial charge in [0.2, 0.25) is 0 Å². The highest BCUT2D eigenvalue weighted by atomic mass is 79.9. The van der Waals surface area contributed by atoms with Gasteiger partial charge in [-0.05, 0) is 49.7 Å². The van der Waals surface area contributed by atoms with Gasteiger partial charge in [-0.15, -0.1) is 0 Å². The number of halogens is 3. The molecular weight excluding hydrogens is 413 g/mol. The summed E-state index contributed by atoms with van der Waals surface area (Å²) in [6.45, 7) is 4.00. The molecule has 0 aliphatic carbocycles. The lowest BCUT2D eigenvalue weighted by molar-refractivity contribution is 0.306. The number of ether oxygens (including phenoxy) is 2. The van der Waals surface area contributed by atoms with Gasteiger partial charge in [0.25, 0.3) is 0 Å². The normalized spacial score (nSPS) is 10.7. The van der Waals surface area contributed by atoms with Crippen LogP contribution >= 0.6 is 39.1 Å². The van der Waals surface area contributed by atoms with Crippen LogP contribution in [0.25, 0.3) is 0 Å². The monoisotopic (exact) mass is 431 g/mol. The summed E-state index contributed by atoms with van der Waals surface area (Å²) in [6.07, 6.45) is 0.821. The van der Waals surface area contributed by atoms with Crippen molar-refractivity contribution in [3.05, 3.63) is 56.0 Å². The van der Waals surface area contributed by atoms with Crippen LogP contribution < -0.4 is 14.8 Å². The predicted molar refractivity (Wildman–Crippen MR) is 104 cm³/mol. The Labute approximate surface area is 161 Å². The summed E-state index contributed by atoms with van der Waals surface area (Å²) in [5.41, 5.74) is 2.11. The van der Waals surface area contributed by atoms with Crippen LogP contribution in [0, 0.1) is 0 Å². The van der Waals surface area contributed by atoms with Crippen molar-refractivity contribution in [2.24, 2.45) is 0 Å². The van der Waals surface area contributed by atoms with Crippen LogP contribution in [0.15, 0.2) is 34.8 Å². The van der Waals surface area contributed by atoms with E-state index in [4.69, 9.17) is 32.7 Å². The molecule has 0 fully saturated rings. The molecule has 0 aromatic heterocycles. The molecule has 0 amide bonds. The van der Waals surface area contributed by atoms with Crippen LogP contribution in [0.1, 0.15) is 18.1 Å². The van der Waals surface area contributed by atoms with E-state index in [1.807, 2.05) is 31.2 Å². The summed E-state index contributed by atoms with van der Waals surface area (Å²) in [5.74, 6) is 1.50. The Morgan fingerprint density at radius 3 is 2.62 bits per heavy atom. The Balaban J connectivity index is 2.01. The third-order valence-corrected chi connectivity index (χ3v) is 4.89. The van der Waals surface area contributed by atoms with E-state index in [0.717, 1.165) is 40.1 Å². The molecule has 2 aromatic rings. The van der Waals surface area contributed by atoms with Crippen LogP contribution in [0.2, 0.25) is 10.0 Å². The molecule has 0 aliphatic heterocycles. The summed E-state index contributed by atoms with van der Waals surface area (Å²) in [6, 6.07) is 9.44. The fourth-order valence-electron chi connectivity index (χ4n) is 2.37. The number of methoxy groups -OCH3 is 1. The predicted octanol–water partition coefficient (Wildman–Crippen LogP) is 5.50. The lowest BCUT2D eigenvalue weighted by Gasteiger charge is -2.16. The van der Waals surface area contributed by atoms with E-state index in [0.29, 0.717) is 23.2 Å². The van der Waals surface area contributed by atoms with E-state index in [-0.39, 0.29) is 0 Å². The van der Waals surface area contributed by atoms with Crippen molar-refractivity contribution < 1.29 is 9.47 Å². The van der Waals surface area contributed by atoms with Gasteiger partial charge in [-0.2, -0.15) is 0 Å². The first kappa shape index (κ1) is 19.4. The van der Waals surface area contributed by atoms with E-state index < -0.39 is 0 Å². The molecule has 1 N–H and O–H groups in total. The molecule has 6 heteroatoms. The van der Waals surface area contributed by atoms with Crippen molar-refractivity contribution in [1.82, 2.24) is 5.32 Å². The number of nitrogens with one attached hydrogen (secondary N) is 1. The van der Waals surface area contributed by atoms with E-state index in [1.54, 1.807) is 13.2 Å². The Kier molecular flexibility index (Phi) is 7.69. The van der Waals surface area contributed by atoms with Gasteiger partial charge >= 0.3 is 0 Å². The van der Waals surface area contributed by atoms with Gasteiger partial charge < -0.3 is 14.8 Å². The summed E-state index contributed by atoms with van der Waals surface area (Å²) >= 11 is 15.7. The zero-order chi connectivity index (χ0) is 17.5. The standard InChI is InChI=1S/C18H20BrCl2NO2/c1-3-24-18-14(15(19)6-7-17(18)23-2)11-22-9-8-12-4-5-13(20)10-16(12)21/h4-7,10,22H,3,8-9,11H2,1-2H3. The lowest BCUT2D eigenvalue weighted by Crippen LogP contribution is -2.18. The minimum Gasteiger partial charge on any atom is -0.493 e. The molecule has 24 heavy (non-hydrogen) atoms. The van der Waals surface area contributed by atoms with Gasteiger partial charge in [0.15, 0.2) is 11.5 Å². The largest absolute Gasteiger partial charge is 0.493 e. The molecule has 0 heterocycles. The molecule has 130 valence electrons. The first-order chi connectivity index (χ1) is 11.6. The second-order valence-electron chi connectivity index (χ2n) is 5.15. The number of benzene rings is 2. The quantitative estimate of drug-likeness (QED) is 0.559. The topological polar surface area (TPSA) is 30.5 Å². The van der Waals surface area contributed by atoms with Crippen molar-refractivity contribution >= 4 is 39.1 Å². The molecule has 0 unspecified atom stereocenters. The molecule has 0 atom stereocenters. The SMILES string of the molecule is CCOc1c(OC)ccc(Br)c1CNCCc1ccc(Cl)cc1Cl. The van der Waals surface area contributed by atoms with Crippen LogP contribution in [0.4, 0.5) is 0 Å². The fraction of sp³-hybridized carbons (Fsp3) is 0.333. The Hall–Kier alpha value is -0.940. The van der Waals surface area contributed by atoms with Crippen LogP contribution in [-0.4, -0.2) is 20.3 Å². The second-order valence-corrected chi connectivity index (χ2v) is 6.85. The molecule has 0 saturated carbocycles. The maximum Gasteiger partial charge on any atom is 0.166 e. The smallest absolute Gasteiger partial charge is 0.166 e. The second kappa shape index (κ2) is 9.52. The lowest BCUT2D eigenvalue weighted by atomic mass is 10.1. The molecule has 0 radical (unpaired) electrons. The van der Waals surface area contributed by atoms with Gasteiger partial charge in [-0.3, -0.25) is 0 Å². The van der Waals surface area contributed by atoms with Gasteiger partial charge in [0.05, 0.1) is 13.7 Å². The Bertz CT molecular complexity index is 695. The van der Waals surface area contributed by atoms with Crippen LogP contribution in [0.3, 0.4) is 0 Å². The Morgan fingerprint density at radius 2 is 1.96 bits per heavy atom. The van der Waals surface area contributed by atoms with Crippen LogP contribution in [-0.2, 0) is 13.0 Å². The van der Waals surface area contributed by atoms with E-state index >= 15 is 0 Å². The zero-order valence-electron chi connectivity index (χ0n) is 13.7. The highest BCUT2D eigenvalue weighted by Gasteiger charge is 2.14. The van der Waals surface area contributed by atoms with Gasteiger partial charge in [-0.1, -0.05) is 45.2 Å². The number of hydrogen-bond acceptors (Lipinski definition) is 3. The highest BCUT2D eigenvalue weighted by molar-refractivity contribution is 9.10. The fourth-order valence-corrected chi connectivity index (χ4v) is 3.33. The molecule has 2 rings (SSSR count). The minimum absolute atomic E-state index is 0.584. The maximum atomic E-state index is 6.20. The van der Waals surface area contributed by atoms with Crippen molar-refractivity contribution in [3.8, 4) is 11.5 Å². The molecule has 0 aliphatic rings. The molecule has 2 aromatic carbocycles. The van der Waals surface area contributed by atoms with E-state index in [9.17, 15) is 0 Å². The van der Waals surface area contributed by atoms with Crippen molar-refractivity contribution in [1.29, 1.82) is 0 Å². The van der Waals surface area contributed by atoms with Gasteiger partial charge in [0, 0.05) is 26.6 Å². The van der Waals surface area contributed by atoms with Gasteiger partial charge in [0.1, 0.15) is 0 Å². The molecule has 0 bridgehead atoms. The minimum atomic E-state index is 0.584. The Morgan fingerprint density at radius 1 is 1.17 bits per heavy atom. The zero-order valence-corrected chi connectivity index (χ0v) is 16.8. The third kappa shape index (κ3) is 5.03. The number of rotatable bonds is 8.